The lowest BCUT2D eigenvalue weighted by molar-refractivity contribution is 0.196. The summed E-state index contributed by atoms with van der Waals surface area (Å²) in [4.78, 5) is 2.28. The number of aliphatic hydroxyl groups excluding tert-OH is 1. The van der Waals surface area contributed by atoms with Gasteiger partial charge in [0.05, 0.1) is 6.10 Å². The van der Waals surface area contributed by atoms with Gasteiger partial charge in [0.25, 0.3) is 0 Å². The fraction of sp³-hybridized carbons (Fsp3) is 0.294. The number of rotatable bonds is 4. The predicted molar refractivity (Wildman–Crippen MR) is 89.4 cm³/mol. The van der Waals surface area contributed by atoms with E-state index >= 15 is 0 Å². The van der Waals surface area contributed by atoms with E-state index in [0.717, 1.165) is 14.9 Å². The van der Waals surface area contributed by atoms with Gasteiger partial charge in [-0.3, -0.25) is 0 Å². The van der Waals surface area contributed by atoms with Crippen LogP contribution in [-0.2, 0) is 0 Å². The van der Waals surface area contributed by atoms with Crippen LogP contribution in [0.3, 0.4) is 0 Å². The molecule has 2 rings (SSSR count). The van der Waals surface area contributed by atoms with Crippen molar-refractivity contribution in [2.75, 3.05) is 0 Å². The summed E-state index contributed by atoms with van der Waals surface area (Å²) in [7, 11) is 0. The molecule has 106 valence electrons. The summed E-state index contributed by atoms with van der Waals surface area (Å²) >= 11 is 5.18. The zero-order valence-corrected chi connectivity index (χ0v) is 14.3. The molecule has 1 atom stereocenters. The van der Waals surface area contributed by atoms with Crippen LogP contribution < -0.4 is 0 Å². The Morgan fingerprint density at radius 2 is 1.65 bits per heavy atom. The molecule has 1 nitrogen and oxygen atoms in total. The highest BCUT2D eigenvalue weighted by Gasteiger charge is 2.10. The smallest absolute Gasteiger partial charge is 0.0772 e. The van der Waals surface area contributed by atoms with Crippen LogP contribution in [0, 0.1) is 0 Å². The zero-order chi connectivity index (χ0) is 14.7. The van der Waals surface area contributed by atoms with E-state index in [9.17, 15) is 5.11 Å². The monoisotopic (exact) mass is 350 g/mol. The van der Waals surface area contributed by atoms with Crippen LogP contribution in [0.4, 0.5) is 0 Å². The molecule has 0 radical (unpaired) electrons. The first-order chi connectivity index (χ1) is 9.47. The van der Waals surface area contributed by atoms with Crippen molar-refractivity contribution in [3.63, 3.8) is 0 Å². The molecule has 0 aliphatic carbocycles. The van der Waals surface area contributed by atoms with E-state index in [2.05, 4.69) is 60.1 Å². The van der Waals surface area contributed by atoms with E-state index in [0.29, 0.717) is 5.92 Å². The minimum Gasteiger partial charge on any atom is -0.389 e. The fourth-order valence-electron chi connectivity index (χ4n) is 1.99. The number of hydrogen-bond donors (Lipinski definition) is 1. The number of benzene rings is 2. The fourth-order valence-corrected chi connectivity index (χ4v) is 3.57. The molecule has 2 aromatic rings. The first-order valence-corrected chi connectivity index (χ1v) is 8.33. The van der Waals surface area contributed by atoms with E-state index in [4.69, 9.17) is 0 Å². The molecule has 1 unspecified atom stereocenters. The molecule has 0 heterocycles. The molecular weight excluding hydrogens is 332 g/mol. The first kappa shape index (κ1) is 15.6. The van der Waals surface area contributed by atoms with Gasteiger partial charge in [-0.2, -0.15) is 0 Å². The molecule has 3 heteroatoms. The van der Waals surface area contributed by atoms with Crippen LogP contribution in [0.25, 0.3) is 0 Å². The van der Waals surface area contributed by atoms with Crippen molar-refractivity contribution in [2.45, 2.75) is 42.6 Å². The van der Waals surface area contributed by atoms with Gasteiger partial charge in [-0.25, -0.2) is 0 Å². The summed E-state index contributed by atoms with van der Waals surface area (Å²) in [6.45, 7) is 6.19. The van der Waals surface area contributed by atoms with Crippen molar-refractivity contribution >= 4 is 27.7 Å². The molecule has 0 saturated heterocycles. The molecule has 0 spiro atoms. The third-order valence-electron chi connectivity index (χ3n) is 3.20. The van der Waals surface area contributed by atoms with Crippen molar-refractivity contribution in [3.8, 4) is 0 Å². The van der Waals surface area contributed by atoms with Crippen LogP contribution >= 0.6 is 27.7 Å². The normalized spacial score (nSPS) is 12.7. The van der Waals surface area contributed by atoms with Crippen LogP contribution in [0.1, 0.15) is 43.9 Å². The maximum Gasteiger partial charge on any atom is 0.0772 e. The number of halogens is 1. The van der Waals surface area contributed by atoms with Gasteiger partial charge in [-0.05, 0) is 48.2 Å². The number of aliphatic hydroxyl groups is 1. The molecule has 20 heavy (non-hydrogen) atoms. The largest absolute Gasteiger partial charge is 0.389 e. The second-order valence-corrected chi connectivity index (χ2v) is 7.21. The Bertz CT molecular complexity index is 576. The SMILES string of the molecule is CC(C)c1ccc(Sc2cc(Br)ccc2C(C)O)cc1. The average Bonchev–Trinajstić information content (AvgIpc) is 2.39. The van der Waals surface area contributed by atoms with Crippen molar-refractivity contribution in [2.24, 2.45) is 0 Å². The second kappa shape index (κ2) is 6.79. The lowest BCUT2D eigenvalue weighted by Gasteiger charge is -2.13. The van der Waals surface area contributed by atoms with Crippen molar-refractivity contribution in [3.05, 3.63) is 58.1 Å². The summed E-state index contributed by atoms with van der Waals surface area (Å²) < 4.78 is 1.03. The van der Waals surface area contributed by atoms with Gasteiger partial charge in [-0.1, -0.05) is 59.7 Å². The van der Waals surface area contributed by atoms with Gasteiger partial charge in [0.1, 0.15) is 0 Å². The molecular formula is C17H19BrOS. The summed E-state index contributed by atoms with van der Waals surface area (Å²) in [5.41, 5.74) is 2.31. The highest BCUT2D eigenvalue weighted by atomic mass is 79.9. The maximum atomic E-state index is 9.86. The van der Waals surface area contributed by atoms with E-state index in [1.165, 1.54) is 10.5 Å². The van der Waals surface area contributed by atoms with Gasteiger partial charge in [-0.15, -0.1) is 0 Å². The molecule has 0 bridgehead atoms. The highest BCUT2D eigenvalue weighted by molar-refractivity contribution is 9.10. The third-order valence-corrected chi connectivity index (χ3v) is 4.77. The Labute approximate surface area is 133 Å². The van der Waals surface area contributed by atoms with Gasteiger partial charge < -0.3 is 5.11 Å². The van der Waals surface area contributed by atoms with E-state index in [1.54, 1.807) is 18.7 Å². The minimum absolute atomic E-state index is 0.458. The minimum atomic E-state index is -0.458. The molecule has 0 aliphatic rings. The molecule has 0 amide bonds. The topological polar surface area (TPSA) is 20.2 Å². The molecule has 0 fully saturated rings. The Kier molecular flexibility index (Phi) is 5.30. The van der Waals surface area contributed by atoms with Crippen molar-refractivity contribution in [1.82, 2.24) is 0 Å². The summed E-state index contributed by atoms with van der Waals surface area (Å²) in [6.07, 6.45) is -0.458. The lowest BCUT2D eigenvalue weighted by Crippen LogP contribution is -1.94. The summed E-state index contributed by atoms with van der Waals surface area (Å²) in [5.74, 6) is 0.549. The van der Waals surface area contributed by atoms with Crippen LogP contribution in [0.15, 0.2) is 56.7 Å². The summed E-state index contributed by atoms with van der Waals surface area (Å²) in [5, 5.41) is 9.86. The second-order valence-electron chi connectivity index (χ2n) is 5.18. The Morgan fingerprint density at radius 1 is 1.00 bits per heavy atom. The van der Waals surface area contributed by atoms with E-state index in [1.807, 2.05) is 12.1 Å². The maximum absolute atomic E-state index is 9.86. The molecule has 1 N–H and O–H groups in total. The first-order valence-electron chi connectivity index (χ1n) is 6.72. The molecule has 2 aromatic carbocycles. The Hall–Kier alpha value is -0.770. The van der Waals surface area contributed by atoms with Crippen molar-refractivity contribution < 1.29 is 5.11 Å². The van der Waals surface area contributed by atoms with Gasteiger partial charge in [0, 0.05) is 14.3 Å². The van der Waals surface area contributed by atoms with Gasteiger partial charge in [0.2, 0.25) is 0 Å². The Morgan fingerprint density at radius 3 is 2.20 bits per heavy atom. The Balaban J connectivity index is 2.27. The average molecular weight is 351 g/mol. The molecule has 0 aliphatic heterocycles. The summed E-state index contributed by atoms with van der Waals surface area (Å²) in [6, 6.07) is 14.6. The predicted octanol–water partition coefficient (Wildman–Crippen LogP) is 5.78. The molecule has 0 saturated carbocycles. The quantitative estimate of drug-likeness (QED) is 0.754. The highest BCUT2D eigenvalue weighted by Crippen LogP contribution is 2.35. The molecule has 0 aromatic heterocycles. The third kappa shape index (κ3) is 3.87. The van der Waals surface area contributed by atoms with Gasteiger partial charge >= 0.3 is 0 Å². The van der Waals surface area contributed by atoms with Crippen LogP contribution in [0.5, 0.6) is 0 Å². The van der Waals surface area contributed by atoms with E-state index in [-0.39, 0.29) is 0 Å². The van der Waals surface area contributed by atoms with E-state index < -0.39 is 6.10 Å². The zero-order valence-electron chi connectivity index (χ0n) is 11.9. The number of hydrogen-bond acceptors (Lipinski definition) is 2. The van der Waals surface area contributed by atoms with Crippen LogP contribution in [0.2, 0.25) is 0 Å². The van der Waals surface area contributed by atoms with Crippen molar-refractivity contribution in [1.29, 1.82) is 0 Å². The van der Waals surface area contributed by atoms with Crippen LogP contribution in [-0.4, -0.2) is 5.11 Å². The standard InChI is InChI=1S/C17H19BrOS/c1-11(2)13-4-7-15(8-5-13)20-17-10-14(18)6-9-16(17)12(3)19/h4-12,19H,1-3H3. The lowest BCUT2D eigenvalue weighted by atomic mass is 10.0. The van der Waals surface area contributed by atoms with Gasteiger partial charge in [0.15, 0.2) is 0 Å².